The first-order chi connectivity index (χ1) is 14.0. The van der Waals surface area contributed by atoms with Crippen LogP contribution in [0.5, 0.6) is 11.6 Å². The summed E-state index contributed by atoms with van der Waals surface area (Å²) in [5, 5.41) is 12.4. The van der Waals surface area contributed by atoms with Crippen LogP contribution in [-0.4, -0.2) is 10.9 Å². The van der Waals surface area contributed by atoms with Crippen LogP contribution in [0.4, 0.5) is 10.1 Å². The standard InChI is InChI=1S/C22H14FN3O2S/c1-13-10-15(28-22-14(12-24)4-3-9-25-22)7-8-18(13)26-21(27)20-11-16-17(23)5-2-6-19(16)29-20/h2-11H,1H3,(H,26,27). The van der Waals surface area contributed by atoms with E-state index in [0.717, 1.165) is 10.3 Å². The molecule has 0 aliphatic heterocycles. The van der Waals surface area contributed by atoms with Gasteiger partial charge in [0.2, 0.25) is 5.88 Å². The lowest BCUT2D eigenvalue weighted by Gasteiger charge is -2.11. The SMILES string of the molecule is Cc1cc(Oc2ncccc2C#N)ccc1NC(=O)c1cc2c(F)cccc2s1. The van der Waals surface area contributed by atoms with Gasteiger partial charge in [-0.25, -0.2) is 9.37 Å². The minimum absolute atomic E-state index is 0.221. The van der Waals surface area contributed by atoms with Gasteiger partial charge in [0.25, 0.3) is 5.91 Å². The fourth-order valence-electron chi connectivity index (χ4n) is 2.83. The molecule has 142 valence electrons. The van der Waals surface area contributed by atoms with Gasteiger partial charge in [0.15, 0.2) is 0 Å². The molecular weight excluding hydrogens is 389 g/mol. The first-order valence-electron chi connectivity index (χ1n) is 8.68. The van der Waals surface area contributed by atoms with Crippen molar-refractivity contribution < 1.29 is 13.9 Å². The molecule has 2 aromatic heterocycles. The highest BCUT2D eigenvalue weighted by Crippen LogP contribution is 2.30. The number of anilines is 1. The summed E-state index contributed by atoms with van der Waals surface area (Å²) in [4.78, 5) is 17.1. The van der Waals surface area contributed by atoms with Crippen LogP contribution >= 0.6 is 11.3 Å². The van der Waals surface area contributed by atoms with E-state index in [1.165, 1.54) is 17.4 Å². The Hall–Kier alpha value is -3.76. The predicted molar refractivity (Wildman–Crippen MR) is 110 cm³/mol. The highest BCUT2D eigenvalue weighted by molar-refractivity contribution is 7.20. The Morgan fingerprint density at radius 3 is 2.83 bits per heavy atom. The summed E-state index contributed by atoms with van der Waals surface area (Å²) in [6.45, 7) is 1.83. The van der Waals surface area contributed by atoms with Gasteiger partial charge in [-0.2, -0.15) is 5.26 Å². The van der Waals surface area contributed by atoms with Gasteiger partial charge in [-0.05, 0) is 61.0 Å². The number of carbonyl (C=O) groups excluding carboxylic acids is 1. The number of aromatic nitrogens is 1. The minimum atomic E-state index is -0.346. The molecule has 2 heterocycles. The van der Waals surface area contributed by atoms with Gasteiger partial charge in [0, 0.05) is 22.0 Å². The maximum atomic E-state index is 13.9. The number of thiophene rings is 1. The molecule has 0 aliphatic carbocycles. The van der Waals surface area contributed by atoms with Crippen molar-refractivity contribution >= 4 is 33.0 Å². The van der Waals surface area contributed by atoms with Crippen molar-refractivity contribution in [2.24, 2.45) is 0 Å². The van der Waals surface area contributed by atoms with E-state index in [2.05, 4.69) is 10.3 Å². The highest BCUT2D eigenvalue weighted by atomic mass is 32.1. The summed E-state index contributed by atoms with van der Waals surface area (Å²) in [6.07, 6.45) is 1.55. The summed E-state index contributed by atoms with van der Waals surface area (Å²) in [6, 6.07) is 16.8. The number of rotatable bonds is 4. The number of amides is 1. The van der Waals surface area contributed by atoms with Gasteiger partial charge < -0.3 is 10.1 Å². The van der Waals surface area contributed by atoms with Crippen LogP contribution in [0.3, 0.4) is 0 Å². The topological polar surface area (TPSA) is 75.0 Å². The monoisotopic (exact) mass is 403 g/mol. The van der Waals surface area contributed by atoms with Gasteiger partial charge in [0.1, 0.15) is 23.2 Å². The van der Waals surface area contributed by atoms with Crippen molar-refractivity contribution in [3.63, 3.8) is 0 Å². The van der Waals surface area contributed by atoms with E-state index in [1.54, 1.807) is 54.7 Å². The number of aryl methyl sites for hydroxylation is 1. The first kappa shape index (κ1) is 18.6. The number of hydrogen-bond acceptors (Lipinski definition) is 5. The molecule has 0 unspecified atom stereocenters. The number of benzene rings is 2. The fourth-order valence-corrected chi connectivity index (χ4v) is 3.80. The summed E-state index contributed by atoms with van der Waals surface area (Å²) < 4.78 is 20.3. The number of halogens is 1. The van der Waals surface area contributed by atoms with Crippen LogP contribution < -0.4 is 10.1 Å². The molecule has 0 bridgehead atoms. The van der Waals surface area contributed by atoms with Crippen LogP contribution in [-0.2, 0) is 0 Å². The number of nitrogens with zero attached hydrogens (tertiary/aromatic N) is 2. The molecule has 0 aliphatic rings. The van der Waals surface area contributed by atoms with E-state index in [1.807, 2.05) is 13.0 Å². The largest absolute Gasteiger partial charge is 0.438 e. The first-order valence-corrected chi connectivity index (χ1v) is 9.50. The average molecular weight is 403 g/mol. The Morgan fingerprint density at radius 2 is 2.07 bits per heavy atom. The quantitative estimate of drug-likeness (QED) is 0.477. The zero-order valence-corrected chi connectivity index (χ0v) is 16.1. The van der Waals surface area contributed by atoms with Crippen molar-refractivity contribution in [1.29, 1.82) is 5.26 Å². The van der Waals surface area contributed by atoms with E-state index in [9.17, 15) is 9.18 Å². The molecule has 0 fully saturated rings. The molecule has 1 N–H and O–H groups in total. The summed E-state index contributed by atoms with van der Waals surface area (Å²) in [7, 11) is 0. The van der Waals surface area contributed by atoms with Gasteiger partial charge in [0.05, 0.1) is 4.88 Å². The Morgan fingerprint density at radius 1 is 1.21 bits per heavy atom. The Kier molecular flexibility index (Phi) is 4.94. The van der Waals surface area contributed by atoms with Crippen LogP contribution in [0.15, 0.2) is 60.8 Å². The van der Waals surface area contributed by atoms with Crippen LogP contribution in [0.25, 0.3) is 10.1 Å². The second-order valence-corrected chi connectivity index (χ2v) is 7.35. The highest BCUT2D eigenvalue weighted by Gasteiger charge is 2.14. The number of pyridine rings is 1. The lowest BCUT2D eigenvalue weighted by molar-refractivity contribution is 0.103. The molecule has 29 heavy (non-hydrogen) atoms. The molecule has 1 amide bonds. The molecule has 0 saturated heterocycles. The lowest BCUT2D eigenvalue weighted by Crippen LogP contribution is -2.11. The molecule has 2 aromatic carbocycles. The van der Waals surface area contributed by atoms with Crippen LogP contribution in [0, 0.1) is 24.1 Å². The molecule has 7 heteroatoms. The third kappa shape index (κ3) is 3.79. The van der Waals surface area contributed by atoms with Crippen molar-refractivity contribution in [1.82, 2.24) is 4.98 Å². The van der Waals surface area contributed by atoms with Gasteiger partial charge in [-0.15, -0.1) is 11.3 Å². The fraction of sp³-hybridized carbons (Fsp3) is 0.0455. The molecule has 0 saturated carbocycles. The summed E-state index contributed by atoms with van der Waals surface area (Å²) in [5.74, 6) is 0.0683. The van der Waals surface area contributed by atoms with E-state index in [0.29, 0.717) is 27.3 Å². The predicted octanol–water partition coefficient (Wildman–Crippen LogP) is 5.66. The van der Waals surface area contributed by atoms with Crippen LogP contribution in [0.2, 0.25) is 0 Å². The lowest BCUT2D eigenvalue weighted by atomic mass is 10.2. The number of fused-ring (bicyclic) bond motifs is 1. The van der Waals surface area contributed by atoms with E-state index in [-0.39, 0.29) is 17.6 Å². The van der Waals surface area contributed by atoms with Crippen molar-refractivity contribution in [3.8, 4) is 17.7 Å². The maximum absolute atomic E-state index is 13.9. The molecule has 4 aromatic rings. The third-order valence-electron chi connectivity index (χ3n) is 4.28. The summed E-state index contributed by atoms with van der Waals surface area (Å²) >= 11 is 1.24. The van der Waals surface area contributed by atoms with Gasteiger partial charge >= 0.3 is 0 Å². The number of nitrogens with one attached hydrogen (secondary N) is 1. The molecule has 5 nitrogen and oxygen atoms in total. The molecular formula is C22H14FN3O2S. The van der Waals surface area contributed by atoms with Crippen molar-refractivity contribution in [2.75, 3.05) is 5.32 Å². The number of carbonyl (C=O) groups is 1. The Labute approximate surface area is 170 Å². The van der Waals surface area contributed by atoms with Gasteiger partial charge in [-0.1, -0.05) is 6.07 Å². The second-order valence-electron chi connectivity index (χ2n) is 6.26. The van der Waals surface area contributed by atoms with E-state index in [4.69, 9.17) is 10.00 Å². The average Bonchev–Trinajstić information content (AvgIpc) is 3.16. The number of nitriles is 1. The van der Waals surface area contributed by atoms with Crippen LogP contribution in [0.1, 0.15) is 20.8 Å². The Balaban J connectivity index is 1.54. The van der Waals surface area contributed by atoms with Crippen molar-refractivity contribution in [3.05, 3.63) is 82.6 Å². The van der Waals surface area contributed by atoms with Crippen molar-refractivity contribution in [2.45, 2.75) is 6.92 Å². The maximum Gasteiger partial charge on any atom is 0.265 e. The zero-order valence-electron chi connectivity index (χ0n) is 15.3. The third-order valence-corrected chi connectivity index (χ3v) is 5.38. The number of ether oxygens (including phenoxy) is 1. The normalized spacial score (nSPS) is 10.5. The van der Waals surface area contributed by atoms with Gasteiger partial charge in [-0.3, -0.25) is 4.79 Å². The molecule has 4 rings (SSSR count). The number of hydrogen-bond donors (Lipinski definition) is 1. The Bertz CT molecular complexity index is 1280. The minimum Gasteiger partial charge on any atom is -0.438 e. The summed E-state index contributed by atoms with van der Waals surface area (Å²) in [5.41, 5.74) is 1.72. The molecule has 0 radical (unpaired) electrons. The molecule has 0 spiro atoms. The second kappa shape index (κ2) is 7.70. The van der Waals surface area contributed by atoms with E-state index < -0.39 is 0 Å². The smallest absolute Gasteiger partial charge is 0.265 e. The zero-order chi connectivity index (χ0) is 20.4. The van der Waals surface area contributed by atoms with E-state index >= 15 is 0 Å². The molecule has 0 atom stereocenters.